The van der Waals surface area contributed by atoms with Crippen LogP contribution in [0.4, 0.5) is 0 Å². The molecule has 0 atom stereocenters. The maximum Gasteiger partial charge on any atom is 0.0102 e. The van der Waals surface area contributed by atoms with Crippen LogP contribution in [-0.4, -0.2) is 31.6 Å². The molecule has 0 radical (unpaired) electrons. The molecule has 0 aliphatic carbocycles. The monoisotopic (exact) mass is 220 g/mol. The maximum absolute atomic E-state index is 5.51. The molecule has 2 nitrogen and oxygen atoms in total. The van der Waals surface area contributed by atoms with Crippen LogP contribution in [0.5, 0.6) is 0 Å². The Morgan fingerprint density at radius 2 is 1.88 bits per heavy atom. The van der Waals surface area contributed by atoms with Gasteiger partial charge in [0.2, 0.25) is 0 Å². The van der Waals surface area contributed by atoms with E-state index in [1.807, 2.05) is 0 Å². The Morgan fingerprint density at radius 1 is 1.12 bits per heavy atom. The molecule has 1 rings (SSSR count). The molecule has 16 heavy (non-hydrogen) atoms. The first-order valence-corrected chi connectivity index (χ1v) is 6.08. The molecular weight excluding hydrogens is 196 g/mol. The lowest BCUT2D eigenvalue weighted by Crippen LogP contribution is -2.26. The van der Waals surface area contributed by atoms with Crippen molar-refractivity contribution in [2.75, 3.05) is 26.7 Å². The van der Waals surface area contributed by atoms with Crippen LogP contribution >= 0.6 is 0 Å². The zero-order valence-corrected chi connectivity index (χ0v) is 10.8. The van der Waals surface area contributed by atoms with Gasteiger partial charge < -0.3 is 10.6 Å². The van der Waals surface area contributed by atoms with Gasteiger partial charge in [0, 0.05) is 13.1 Å². The van der Waals surface area contributed by atoms with Crippen molar-refractivity contribution in [1.82, 2.24) is 4.90 Å². The fourth-order valence-corrected chi connectivity index (χ4v) is 1.84. The van der Waals surface area contributed by atoms with E-state index in [9.17, 15) is 0 Å². The molecule has 2 N–H and O–H groups in total. The third-order valence-electron chi connectivity index (χ3n) is 3.09. The first-order valence-electron chi connectivity index (χ1n) is 6.08. The molecule has 0 aliphatic rings. The summed E-state index contributed by atoms with van der Waals surface area (Å²) >= 11 is 0. The molecule has 0 aliphatic heterocycles. The van der Waals surface area contributed by atoms with Gasteiger partial charge in [0.05, 0.1) is 0 Å². The van der Waals surface area contributed by atoms with E-state index in [2.05, 4.69) is 44.0 Å². The number of likely N-dealkylation sites (N-methyl/N-ethyl adjacent to an activating group) is 1. The van der Waals surface area contributed by atoms with E-state index in [0.717, 1.165) is 26.1 Å². The van der Waals surface area contributed by atoms with E-state index in [1.54, 1.807) is 0 Å². The molecule has 1 aromatic carbocycles. The second kappa shape index (κ2) is 6.66. The highest BCUT2D eigenvalue weighted by molar-refractivity contribution is 5.29. The molecule has 0 heterocycles. The standard InChI is InChI=1S/C14H24N2/c1-12-6-7-14(11-13(12)2)5-4-9-16(3)10-8-15/h6-7,11H,4-5,8-10,15H2,1-3H3. The van der Waals surface area contributed by atoms with Crippen molar-refractivity contribution >= 4 is 0 Å². The largest absolute Gasteiger partial charge is 0.329 e. The lowest BCUT2D eigenvalue weighted by atomic mass is 10.0. The number of benzene rings is 1. The Hall–Kier alpha value is -0.860. The molecule has 2 heteroatoms. The van der Waals surface area contributed by atoms with Gasteiger partial charge in [0.1, 0.15) is 0 Å². The summed E-state index contributed by atoms with van der Waals surface area (Å²) < 4.78 is 0. The molecule has 0 amide bonds. The fourth-order valence-electron chi connectivity index (χ4n) is 1.84. The summed E-state index contributed by atoms with van der Waals surface area (Å²) in [6, 6.07) is 6.76. The van der Waals surface area contributed by atoms with Gasteiger partial charge >= 0.3 is 0 Å². The Bertz CT molecular complexity index is 321. The number of nitrogens with zero attached hydrogens (tertiary/aromatic N) is 1. The number of rotatable bonds is 6. The maximum atomic E-state index is 5.51. The van der Waals surface area contributed by atoms with Gasteiger partial charge in [0.25, 0.3) is 0 Å². The second-order valence-corrected chi connectivity index (χ2v) is 4.61. The van der Waals surface area contributed by atoms with Crippen molar-refractivity contribution in [3.05, 3.63) is 34.9 Å². The first-order chi connectivity index (χ1) is 7.63. The molecule has 0 unspecified atom stereocenters. The van der Waals surface area contributed by atoms with Crippen molar-refractivity contribution in [2.45, 2.75) is 26.7 Å². The summed E-state index contributed by atoms with van der Waals surface area (Å²) in [4.78, 5) is 2.29. The van der Waals surface area contributed by atoms with E-state index in [-0.39, 0.29) is 0 Å². The van der Waals surface area contributed by atoms with Gasteiger partial charge in [0.15, 0.2) is 0 Å². The highest BCUT2D eigenvalue weighted by atomic mass is 15.1. The second-order valence-electron chi connectivity index (χ2n) is 4.61. The van der Waals surface area contributed by atoms with Gasteiger partial charge in [-0.3, -0.25) is 0 Å². The molecule has 0 aromatic heterocycles. The van der Waals surface area contributed by atoms with E-state index in [0.29, 0.717) is 0 Å². The van der Waals surface area contributed by atoms with Crippen LogP contribution in [0.1, 0.15) is 23.1 Å². The van der Waals surface area contributed by atoms with Crippen molar-refractivity contribution < 1.29 is 0 Å². The zero-order chi connectivity index (χ0) is 12.0. The van der Waals surface area contributed by atoms with Crippen LogP contribution < -0.4 is 5.73 Å². The number of hydrogen-bond acceptors (Lipinski definition) is 2. The fraction of sp³-hybridized carbons (Fsp3) is 0.571. The average Bonchev–Trinajstić information content (AvgIpc) is 2.24. The highest BCUT2D eigenvalue weighted by Gasteiger charge is 1.99. The number of hydrogen-bond donors (Lipinski definition) is 1. The molecule has 0 saturated heterocycles. The van der Waals surface area contributed by atoms with Crippen molar-refractivity contribution in [1.29, 1.82) is 0 Å². The molecular formula is C14H24N2. The lowest BCUT2D eigenvalue weighted by molar-refractivity contribution is 0.338. The summed E-state index contributed by atoms with van der Waals surface area (Å²) in [6.45, 7) is 7.21. The molecule has 90 valence electrons. The Morgan fingerprint density at radius 3 is 2.50 bits per heavy atom. The van der Waals surface area contributed by atoms with Gasteiger partial charge in [-0.2, -0.15) is 0 Å². The van der Waals surface area contributed by atoms with Crippen molar-refractivity contribution in [2.24, 2.45) is 5.73 Å². The van der Waals surface area contributed by atoms with Gasteiger partial charge in [-0.05, 0) is 57.0 Å². The minimum Gasteiger partial charge on any atom is -0.329 e. The third kappa shape index (κ3) is 4.33. The molecule has 0 saturated carbocycles. The lowest BCUT2D eigenvalue weighted by Gasteiger charge is -2.15. The summed E-state index contributed by atoms with van der Waals surface area (Å²) in [7, 11) is 2.13. The summed E-state index contributed by atoms with van der Waals surface area (Å²) in [5, 5.41) is 0. The van der Waals surface area contributed by atoms with Crippen LogP contribution in [0.2, 0.25) is 0 Å². The minimum absolute atomic E-state index is 0.750. The summed E-state index contributed by atoms with van der Waals surface area (Å²) in [5.41, 5.74) is 9.73. The predicted molar refractivity (Wildman–Crippen MR) is 70.8 cm³/mol. The first kappa shape index (κ1) is 13.2. The topological polar surface area (TPSA) is 29.3 Å². The highest BCUT2D eigenvalue weighted by Crippen LogP contribution is 2.11. The van der Waals surface area contributed by atoms with Crippen LogP contribution in [-0.2, 0) is 6.42 Å². The van der Waals surface area contributed by atoms with Crippen LogP contribution in [0.25, 0.3) is 0 Å². The van der Waals surface area contributed by atoms with Crippen molar-refractivity contribution in [3.63, 3.8) is 0 Å². The minimum atomic E-state index is 0.750. The predicted octanol–water partition coefficient (Wildman–Crippen LogP) is 2.13. The quantitative estimate of drug-likeness (QED) is 0.796. The van der Waals surface area contributed by atoms with E-state index < -0.39 is 0 Å². The molecule has 0 fully saturated rings. The Labute approximate surface area is 99.5 Å². The van der Waals surface area contributed by atoms with Crippen LogP contribution in [0.3, 0.4) is 0 Å². The van der Waals surface area contributed by atoms with E-state index in [4.69, 9.17) is 5.73 Å². The Balaban J connectivity index is 2.34. The van der Waals surface area contributed by atoms with Crippen LogP contribution in [0.15, 0.2) is 18.2 Å². The average molecular weight is 220 g/mol. The van der Waals surface area contributed by atoms with Crippen molar-refractivity contribution in [3.8, 4) is 0 Å². The third-order valence-corrected chi connectivity index (χ3v) is 3.09. The number of nitrogens with two attached hydrogens (primary N) is 1. The van der Waals surface area contributed by atoms with E-state index in [1.165, 1.54) is 23.1 Å². The molecule has 0 spiro atoms. The van der Waals surface area contributed by atoms with Gasteiger partial charge in [-0.25, -0.2) is 0 Å². The normalized spacial score (nSPS) is 11.1. The Kier molecular flexibility index (Phi) is 5.50. The van der Waals surface area contributed by atoms with Gasteiger partial charge in [-0.1, -0.05) is 18.2 Å². The smallest absolute Gasteiger partial charge is 0.0102 e. The van der Waals surface area contributed by atoms with E-state index >= 15 is 0 Å². The van der Waals surface area contributed by atoms with Crippen LogP contribution in [0, 0.1) is 13.8 Å². The zero-order valence-electron chi connectivity index (χ0n) is 10.8. The number of aryl methyl sites for hydroxylation is 3. The summed E-state index contributed by atoms with van der Waals surface area (Å²) in [6.07, 6.45) is 2.37. The summed E-state index contributed by atoms with van der Waals surface area (Å²) in [5.74, 6) is 0. The SMILES string of the molecule is Cc1ccc(CCCN(C)CCN)cc1C. The molecule has 1 aromatic rings. The van der Waals surface area contributed by atoms with Gasteiger partial charge in [-0.15, -0.1) is 0 Å². The molecule has 0 bridgehead atoms.